The molecule has 4 rings (SSSR count). The van der Waals surface area contributed by atoms with Crippen LogP contribution in [0.25, 0.3) is 16.6 Å². The van der Waals surface area contributed by atoms with Crippen molar-refractivity contribution >= 4 is 22.7 Å². The van der Waals surface area contributed by atoms with Crippen LogP contribution in [-0.4, -0.2) is 64.3 Å². The van der Waals surface area contributed by atoms with Crippen molar-refractivity contribution in [1.29, 1.82) is 0 Å². The van der Waals surface area contributed by atoms with Gasteiger partial charge in [-0.1, -0.05) is 36.0 Å². The lowest BCUT2D eigenvalue weighted by Gasteiger charge is -2.28. The van der Waals surface area contributed by atoms with Crippen molar-refractivity contribution in [3.05, 3.63) is 63.9 Å². The van der Waals surface area contributed by atoms with Gasteiger partial charge < -0.3 is 9.84 Å². The third-order valence-corrected chi connectivity index (χ3v) is 6.41. The average Bonchev–Trinajstić information content (AvgIpc) is 2.75. The summed E-state index contributed by atoms with van der Waals surface area (Å²) in [6.07, 6.45) is -0.511. The van der Waals surface area contributed by atoms with Crippen LogP contribution in [0.15, 0.2) is 52.4 Å². The maximum atomic E-state index is 13.4. The lowest BCUT2D eigenvalue weighted by molar-refractivity contribution is 0.0188. The van der Waals surface area contributed by atoms with Crippen molar-refractivity contribution in [3.8, 4) is 5.69 Å². The van der Waals surface area contributed by atoms with Gasteiger partial charge in [-0.3, -0.25) is 14.3 Å². The van der Waals surface area contributed by atoms with E-state index in [1.165, 1.54) is 11.8 Å². The fraction of sp³-hybridized carbons (Fsp3) is 0.391. The molecule has 2 aromatic carbocycles. The van der Waals surface area contributed by atoms with Gasteiger partial charge in [0.05, 0.1) is 35.9 Å². The van der Waals surface area contributed by atoms with Crippen molar-refractivity contribution in [3.63, 3.8) is 0 Å². The number of para-hydroxylation sites is 1. The number of aliphatic hydroxyl groups is 1. The van der Waals surface area contributed by atoms with Gasteiger partial charge in [0, 0.05) is 25.4 Å². The molecule has 0 saturated carbocycles. The molecular weight excluding hydrogens is 398 g/mol. The van der Waals surface area contributed by atoms with Gasteiger partial charge in [0.1, 0.15) is 0 Å². The molecule has 1 atom stereocenters. The van der Waals surface area contributed by atoms with E-state index < -0.39 is 6.10 Å². The van der Waals surface area contributed by atoms with E-state index in [4.69, 9.17) is 9.72 Å². The van der Waals surface area contributed by atoms with Crippen LogP contribution in [-0.2, 0) is 4.74 Å². The number of β-amino-alcohol motifs (C(OH)–C–C–N with tert-alkyl or cyclic N) is 1. The number of ether oxygens (including phenoxy) is 1. The van der Waals surface area contributed by atoms with Crippen molar-refractivity contribution in [2.24, 2.45) is 0 Å². The number of thioether (sulfide) groups is 1. The molecule has 0 amide bonds. The fourth-order valence-electron chi connectivity index (χ4n) is 3.69. The van der Waals surface area contributed by atoms with E-state index in [1.807, 2.05) is 56.3 Å². The summed E-state index contributed by atoms with van der Waals surface area (Å²) < 4.78 is 7.06. The summed E-state index contributed by atoms with van der Waals surface area (Å²) >= 11 is 1.43. The van der Waals surface area contributed by atoms with Gasteiger partial charge in [0.25, 0.3) is 5.56 Å². The van der Waals surface area contributed by atoms with Crippen molar-refractivity contribution in [2.45, 2.75) is 25.1 Å². The summed E-state index contributed by atoms with van der Waals surface area (Å²) in [6, 6.07) is 13.5. The largest absolute Gasteiger partial charge is 0.391 e. The Bertz CT molecular complexity index is 1090. The number of hydrogen-bond acceptors (Lipinski definition) is 6. The van der Waals surface area contributed by atoms with E-state index >= 15 is 0 Å². The molecule has 0 unspecified atom stereocenters. The highest BCUT2D eigenvalue weighted by Gasteiger charge is 2.19. The topological polar surface area (TPSA) is 67.6 Å². The molecule has 1 saturated heterocycles. The van der Waals surface area contributed by atoms with Crippen LogP contribution in [0.3, 0.4) is 0 Å². The van der Waals surface area contributed by atoms with Crippen LogP contribution < -0.4 is 5.56 Å². The molecule has 6 nitrogen and oxygen atoms in total. The lowest BCUT2D eigenvalue weighted by Crippen LogP contribution is -2.41. The highest BCUT2D eigenvalue weighted by atomic mass is 32.2. The summed E-state index contributed by atoms with van der Waals surface area (Å²) in [6.45, 7) is 7.69. The molecule has 1 aliphatic rings. The molecule has 0 aliphatic carbocycles. The van der Waals surface area contributed by atoms with E-state index in [1.54, 1.807) is 4.57 Å². The standard InChI is InChI=1S/C23H27N3O3S/c1-16-7-8-17(2)21(13-16)26-22(28)19-5-3-4-6-20(19)24-23(26)30-15-18(27)14-25-9-11-29-12-10-25/h3-8,13,18,27H,9-12,14-15H2,1-2H3/t18-/m1/s1. The number of fused-ring (bicyclic) bond motifs is 1. The molecule has 30 heavy (non-hydrogen) atoms. The van der Waals surface area contributed by atoms with Gasteiger partial charge in [-0.2, -0.15) is 0 Å². The van der Waals surface area contributed by atoms with Crippen LogP contribution in [0.1, 0.15) is 11.1 Å². The Hall–Kier alpha value is -2.19. The number of aliphatic hydroxyl groups excluding tert-OH is 1. The predicted molar refractivity (Wildman–Crippen MR) is 121 cm³/mol. The van der Waals surface area contributed by atoms with E-state index in [-0.39, 0.29) is 5.56 Å². The third-order valence-electron chi connectivity index (χ3n) is 5.33. The number of morpholine rings is 1. The highest BCUT2D eigenvalue weighted by Crippen LogP contribution is 2.24. The predicted octanol–water partition coefficient (Wildman–Crippen LogP) is 2.79. The van der Waals surface area contributed by atoms with Crippen LogP contribution in [0.2, 0.25) is 0 Å². The van der Waals surface area contributed by atoms with E-state index in [0.29, 0.717) is 41.6 Å². The van der Waals surface area contributed by atoms with E-state index in [2.05, 4.69) is 4.90 Å². The van der Waals surface area contributed by atoms with Gasteiger partial charge >= 0.3 is 0 Å². The minimum Gasteiger partial charge on any atom is -0.391 e. The van der Waals surface area contributed by atoms with Crippen molar-refractivity contribution < 1.29 is 9.84 Å². The molecule has 1 aromatic heterocycles. The summed E-state index contributed by atoms with van der Waals surface area (Å²) in [5.41, 5.74) is 3.52. The number of benzene rings is 2. The number of aromatic nitrogens is 2. The van der Waals surface area contributed by atoms with Crippen LogP contribution in [0.4, 0.5) is 0 Å². The second-order valence-electron chi connectivity index (χ2n) is 7.72. The molecular formula is C23H27N3O3S. The smallest absolute Gasteiger partial charge is 0.266 e. The Morgan fingerprint density at radius 1 is 1.17 bits per heavy atom. The minimum absolute atomic E-state index is 0.0838. The monoisotopic (exact) mass is 425 g/mol. The molecule has 1 aliphatic heterocycles. The average molecular weight is 426 g/mol. The fourth-order valence-corrected chi connectivity index (χ4v) is 4.61. The van der Waals surface area contributed by atoms with Gasteiger partial charge in [-0.25, -0.2) is 4.98 Å². The molecule has 158 valence electrons. The van der Waals surface area contributed by atoms with E-state index in [9.17, 15) is 9.90 Å². The molecule has 3 aromatic rings. The third kappa shape index (κ3) is 4.59. The zero-order chi connectivity index (χ0) is 21.1. The number of rotatable bonds is 6. The molecule has 0 spiro atoms. The highest BCUT2D eigenvalue weighted by molar-refractivity contribution is 7.99. The maximum absolute atomic E-state index is 13.4. The maximum Gasteiger partial charge on any atom is 0.266 e. The first kappa shape index (κ1) is 21.1. The normalized spacial score (nSPS) is 16.1. The molecule has 2 heterocycles. The van der Waals surface area contributed by atoms with Crippen LogP contribution in [0, 0.1) is 13.8 Å². The Balaban J connectivity index is 1.67. The zero-order valence-corrected chi connectivity index (χ0v) is 18.2. The first-order valence-corrected chi connectivity index (χ1v) is 11.2. The minimum atomic E-state index is -0.511. The molecule has 0 bridgehead atoms. The van der Waals surface area contributed by atoms with Gasteiger partial charge in [0.2, 0.25) is 0 Å². The van der Waals surface area contributed by atoms with Crippen LogP contribution in [0.5, 0.6) is 0 Å². The Morgan fingerprint density at radius 2 is 1.93 bits per heavy atom. The van der Waals surface area contributed by atoms with Gasteiger partial charge in [-0.05, 0) is 43.2 Å². The Morgan fingerprint density at radius 3 is 2.73 bits per heavy atom. The van der Waals surface area contributed by atoms with Crippen LogP contribution >= 0.6 is 11.8 Å². The number of aryl methyl sites for hydroxylation is 2. The molecule has 7 heteroatoms. The van der Waals surface area contributed by atoms with Crippen molar-refractivity contribution in [1.82, 2.24) is 14.5 Å². The molecule has 1 fully saturated rings. The summed E-state index contributed by atoms with van der Waals surface area (Å²) in [5.74, 6) is 0.465. The summed E-state index contributed by atoms with van der Waals surface area (Å²) in [4.78, 5) is 20.4. The van der Waals surface area contributed by atoms with Crippen molar-refractivity contribution in [2.75, 3.05) is 38.6 Å². The SMILES string of the molecule is Cc1ccc(C)c(-n2c(SC[C@H](O)CN3CCOCC3)nc3ccccc3c2=O)c1. The summed E-state index contributed by atoms with van der Waals surface area (Å²) in [5, 5.41) is 11.8. The number of hydrogen-bond donors (Lipinski definition) is 1. The number of nitrogens with zero attached hydrogens (tertiary/aromatic N) is 3. The first-order chi connectivity index (χ1) is 14.5. The Kier molecular flexibility index (Phi) is 6.53. The molecule has 1 N–H and O–H groups in total. The second kappa shape index (κ2) is 9.31. The quantitative estimate of drug-likeness (QED) is 0.484. The first-order valence-electron chi connectivity index (χ1n) is 10.2. The van der Waals surface area contributed by atoms with Gasteiger partial charge in [-0.15, -0.1) is 0 Å². The zero-order valence-electron chi connectivity index (χ0n) is 17.4. The van der Waals surface area contributed by atoms with Gasteiger partial charge in [0.15, 0.2) is 5.16 Å². The Labute approximate surface area is 180 Å². The lowest BCUT2D eigenvalue weighted by atomic mass is 10.1. The second-order valence-corrected chi connectivity index (χ2v) is 8.71. The summed E-state index contributed by atoms with van der Waals surface area (Å²) in [7, 11) is 0. The molecule has 0 radical (unpaired) electrons. The van der Waals surface area contributed by atoms with E-state index in [0.717, 1.165) is 29.9 Å².